The second kappa shape index (κ2) is 7.42. The Labute approximate surface area is 134 Å². The summed E-state index contributed by atoms with van der Waals surface area (Å²) in [4.78, 5) is 12.3. The summed E-state index contributed by atoms with van der Waals surface area (Å²) in [6, 6.07) is 9.74. The molecule has 0 aromatic heterocycles. The zero-order valence-corrected chi connectivity index (χ0v) is 13.7. The number of hydrogen-bond donors (Lipinski definition) is 1. The average Bonchev–Trinajstić information content (AvgIpc) is 2.47. The van der Waals surface area contributed by atoms with Crippen LogP contribution in [-0.2, 0) is 4.79 Å². The molecule has 1 N–H and O–H groups in total. The quantitative estimate of drug-likeness (QED) is 0.662. The fraction of sp³-hybridized carbons (Fsp3) is 0.412. The van der Waals surface area contributed by atoms with Gasteiger partial charge in [0.15, 0.2) is 0 Å². The molecule has 0 spiro atoms. The zero-order chi connectivity index (χ0) is 15.2. The highest BCUT2D eigenvalue weighted by molar-refractivity contribution is 9.10. The van der Waals surface area contributed by atoms with Gasteiger partial charge in [-0.05, 0) is 42.5 Å². The molecule has 3 nitrogen and oxygen atoms in total. The van der Waals surface area contributed by atoms with Crippen LogP contribution in [0.4, 0.5) is 0 Å². The lowest BCUT2D eigenvalue weighted by molar-refractivity contribution is -0.118. The van der Waals surface area contributed by atoms with Gasteiger partial charge in [0.1, 0.15) is 11.6 Å². The summed E-state index contributed by atoms with van der Waals surface area (Å²) in [5.74, 6) is 0.213. The van der Waals surface area contributed by atoms with Crippen LogP contribution in [0, 0.1) is 17.2 Å². The van der Waals surface area contributed by atoms with Crippen LogP contribution in [0.15, 0.2) is 34.3 Å². The first kappa shape index (κ1) is 15.8. The van der Waals surface area contributed by atoms with E-state index in [1.165, 1.54) is 6.42 Å². The Morgan fingerprint density at radius 2 is 2.19 bits per heavy atom. The van der Waals surface area contributed by atoms with Crippen LogP contribution in [0.3, 0.4) is 0 Å². The fourth-order valence-corrected chi connectivity index (χ4v) is 3.11. The first-order valence-electron chi connectivity index (χ1n) is 7.28. The van der Waals surface area contributed by atoms with E-state index in [0.29, 0.717) is 5.92 Å². The van der Waals surface area contributed by atoms with E-state index >= 15 is 0 Å². The van der Waals surface area contributed by atoms with Gasteiger partial charge < -0.3 is 5.32 Å². The highest BCUT2D eigenvalue weighted by Gasteiger charge is 2.23. The molecule has 0 saturated heterocycles. The Kier molecular flexibility index (Phi) is 5.58. The fourth-order valence-electron chi connectivity index (χ4n) is 2.69. The lowest BCUT2D eigenvalue weighted by Gasteiger charge is -2.29. The molecule has 0 unspecified atom stereocenters. The molecule has 1 aromatic carbocycles. The first-order valence-corrected chi connectivity index (χ1v) is 8.07. The largest absolute Gasteiger partial charge is 0.348 e. The summed E-state index contributed by atoms with van der Waals surface area (Å²) < 4.78 is 0.926. The van der Waals surface area contributed by atoms with Gasteiger partial charge in [0.2, 0.25) is 0 Å². The van der Waals surface area contributed by atoms with Gasteiger partial charge in [-0.2, -0.15) is 5.26 Å². The molecule has 1 fully saturated rings. The summed E-state index contributed by atoms with van der Waals surface area (Å²) >= 11 is 3.39. The van der Waals surface area contributed by atoms with Crippen LogP contribution in [0.2, 0.25) is 0 Å². The molecule has 2 rings (SSSR count). The molecule has 1 aliphatic carbocycles. The second-order valence-corrected chi connectivity index (χ2v) is 6.48. The minimum absolute atomic E-state index is 0.158. The standard InChI is InChI=1S/C17H19BrN2O/c1-12-5-2-3-8-16(12)20-17(21)14(11-19)9-13-6-4-7-15(18)10-13/h4,6-7,9-10,12,16H,2-3,5,8H2,1H3,(H,20,21)/b14-9+/t12-,16-/m0/s1. The lowest BCUT2D eigenvalue weighted by atomic mass is 9.86. The Balaban J connectivity index is 2.10. The van der Waals surface area contributed by atoms with E-state index in [0.717, 1.165) is 29.3 Å². The van der Waals surface area contributed by atoms with Crippen LogP contribution < -0.4 is 5.32 Å². The molecule has 2 atom stereocenters. The smallest absolute Gasteiger partial charge is 0.262 e. The van der Waals surface area contributed by atoms with E-state index in [1.807, 2.05) is 30.3 Å². The van der Waals surface area contributed by atoms with Crippen molar-refractivity contribution in [1.29, 1.82) is 5.26 Å². The van der Waals surface area contributed by atoms with Crippen molar-refractivity contribution in [3.8, 4) is 6.07 Å². The molecule has 1 amide bonds. The van der Waals surface area contributed by atoms with Gasteiger partial charge in [-0.25, -0.2) is 0 Å². The number of amides is 1. The van der Waals surface area contributed by atoms with Gasteiger partial charge in [-0.15, -0.1) is 0 Å². The first-order chi connectivity index (χ1) is 10.1. The summed E-state index contributed by atoms with van der Waals surface area (Å²) in [6.45, 7) is 2.16. The third-order valence-electron chi connectivity index (χ3n) is 3.95. The van der Waals surface area contributed by atoms with Crippen molar-refractivity contribution in [3.63, 3.8) is 0 Å². The molecule has 4 heteroatoms. The molecule has 1 aliphatic rings. The third kappa shape index (κ3) is 4.44. The number of carbonyl (C=O) groups excluding carboxylic acids is 1. The predicted octanol–water partition coefficient (Wildman–Crippen LogP) is 4.05. The minimum Gasteiger partial charge on any atom is -0.348 e. The maximum absolute atomic E-state index is 12.3. The van der Waals surface area contributed by atoms with Crippen LogP contribution in [-0.4, -0.2) is 11.9 Å². The van der Waals surface area contributed by atoms with E-state index in [1.54, 1.807) is 6.08 Å². The Morgan fingerprint density at radius 3 is 2.86 bits per heavy atom. The molecule has 1 aromatic rings. The van der Waals surface area contributed by atoms with Crippen LogP contribution in [0.5, 0.6) is 0 Å². The second-order valence-electron chi connectivity index (χ2n) is 5.57. The summed E-state index contributed by atoms with van der Waals surface area (Å²) in [7, 11) is 0. The number of benzene rings is 1. The predicted molar refractivity (Wildman–Crippen MR) is 87.3 cm³/mol. The lowest BCUT2D eigenvalue weighted by Crippen LogP contribution is -2.41. The van der Waals surface area contributed by atoms with E-state index in [9.17, 15) is 10.1 Å². The van der Waals surface area contributed by atoms with E-state index in [4.69, 9.17) is 0 Å². The van der Waals surface area contributed by atoms with Crippen LogP contribution in [0.25, 0.3) is 6.08 Å². The van der Waals surface area contributed by atoms with Crippen molar-refractivity contribution in [1.82, 2.24) is 5.32 Å². The van der Waals surface area contributed by atoms with Crippen molar-refractivity contribution in [3.05, 3.63) is 39.9 Å². The molecule has 0 bridgehead atoms. The summed E-state index contributed by atoms with van der Waals surface area (Å²) in [5.41, 5.74) is 0.999. The van der Waals surface area contributed by atoms with Gasteiger partial charge in [-0.3, -0.25) is 4.79 Å². The number of nitriles is 1. The van der Waals surface area contributed by atoms with Gasteiger partial charge in [0.05, 0.1) is 0 Å². The van der Waals surface area contributed by atoms with Crippen molar-refractivity contribution in [2.24, 2.45) is 5.92 Å². The Hall–Kier alpha value is -1.60. The average molecular weight is 347 g/mol. The minimum atomic E-state index is -0.267. The summed E-state index contributed by atoms with van der Waals surface area (Å²) in [5, 5.41) is 12.2. The highest BCUT2D eigenvalue weighted by Crippen LogP contribution is 2.24. The molecule has 1 saturated carbocycles. The molecule has 0 heterocycles. The van der Waals surface area contributed by atoms with Gasteiger partial charge in [0, 0.05) is 10.5 Å². The third-order valence-corrected chi connectivity index (χ3v) is 4.45. The normalized spacial score (nSPS) is 22.4. The number of rotatable bonds is 3. The van der Waals surface area contributed by atoms with E-state index in [2.05, 4.69) is 28.2 Å². The molecule has 0 radical (unpaired) electrons. The number of hydrogen-bond acceptors (Lipinski definition) is 2. The monoisotopic (exact) mass is 346 g/mol. The van der Waals surface area contributed by atoms with E-state index in [-0.39, 0.29) is 17.5 Å². The number of nitrogens with zero attached hydrogens (tertiary/aromatic N) is 1. The maximum atomic E-state index is 12.3. The highest BCUT2D eigenvalue weighted by atomic mass is 79.9. The van der Waals surface area contributed by atoms with Gasteiger partial charge >= 0.3 is 0 Å². The summed E-state index contributed by atoms with van der Waals surface area (Å²) in [6.07, 6.45) is 6.15. The van der Waals surface area contributed by atoms with E-state index < -0.39 is 0 Å². The number of nitrogens with one attached hydrogen (secondary N) is 1. The van der Waals surface area contributed by atoms with Crippen molar-refractivity contribution in [2.75, 3.05) is 0 Å². The Bertz CT molecular complexity index is 589. The Morgan fingerprint density at radius 1 is 1.43 bits per heavy atom. The topological polar surface area (TPSA) is 52.9 Å². The number of carbonyl (C=O) groups is 1. The SMILES string of the molecule is C[C@H]1CCCC[C@@H]1NC(=O)/C(C#N)=C/c1cccc(Br)c1. The van der Waals surface area contributed by atoms with Crippen molar-refractivity contribution >= 4 is 27.9 Å². The molecule has 0 aliphatic heterocycles. The molecule has 110 valence electrons. The van der Waals surface area contributed by atoms with Crippen LogP contribution in [0.1, 0.15) is 38.2 Å². The number of halogens is 1. The van der Waals surface area contributed by atoms with Gasteiger partial charge in [-0.1, -0.05) is 47.8 Å². The van der Waals surface area contributed by atoms with Crippen molar-refractivity contribution < 1.29 is 4.79 Å². The molecular weight excluding hydrogens is 328 g/mol. The van der Waals surface area contributed by atoms with Crippen molar-refractivity contribution in [2.45, 2.75) is 38.6 Å². The molecule has 21 heavy (non-hydrogen) atoms. The van der Waals surface area contributed by atoms with Crippen LogP contribution >= 0.6 is 15.9 Å². The zero-order valence-electron chi connectivity index (χ0n) is 12.1. The van der Waals surface area contributed by atoms with Gasteiger partial charge in [0.25, 0.3) is 5.91 Å². The maximum Gasteiger partial charge on any atom is 0.262 e. The molecular formula is C17H19BrN2O.